The Morgan fingerprint density at radius 3 is 2.76 bits per heavy atom. The molecule has 4 nitrogen and oxygen atoms in total. The van der Waals surface area contributed by atoms with Crippen LogP contribution in [0.4, 0.5) is 5.69 Å². The van der Waals surface area contributed by atoms with Gasteiger partial charge in [-0.15, -0.1) is 12.4 Å². The van der Waals surface area contributed by atoms with Gasteiger partial charge in [-0.1, -0.05) is 18.2 Å². The minimum atomic E-state index is 0. The molecule has 21 heavy (non-hydrogen) atoms. The van der Waals surface area contributed by atoms with Crippen molar-refractivity contribution in [1.82, 2.24) is 10.6 Å². The Balaban J connectivity index is 0.00000220. The van der Waals surface area contributed by atoms with E-state index >= 15 is 0 Å². The largest absolute Gasteiger partial charge is 0.373 e. The van der Waals surface area contributed by atoms with Crippen LogP contribution >= 0.6 is 12.4 Å². The molecule has 1 aliphatic heterocycles. The van der Waals surface area contributed by atoms with Gasteiger partial charge in [0.2, 0.25) is 5.91 Å². The molecule has 2 atom stereocenters. The molecule has 1 saturated heterocycles. The maximum Gasteiger partial charge on any atom is 0.223 e. The SMILES string of the molecule is C[C@H]1C[C@@H](C(=O)NCCN(C)c2ccccc2)CCN1.Cl. The van der Waals surface area contributed by atoms with Crippen LogP contribution in [0.25, 0.3) is 0 Å². The maximum atomic E-state index is 12.1. The van der Waals surface area contributed by atoms with E-state index in [4.69, 9.17) is 0 Å². The van der Waals surface area contributed by atoms with E-state index in [2.05, 4.69) is 34.6 Å². The highest BCUT2D eigenvalue weighted by Gasteiger charge is 2.24. The Hall–Kier alpha value is -1.26. The highest BCUT2D eigenvalue weighted by Crippen LogP contribution is 2.16. The van der Waals surface area contributed by atoms with Gasteiger partial charge in [-0.05, 0) is 38.4 Å². The number of para-hydroxylation sites is 1. The third-order valence-corrected chi connectivity index (χ3v) is 3.94. The number of carbonyl (C=O) groups excluding carboxylic acids is 1. The highest BCUT2D eigenvalue weighted by atomic mass is 35.5. The van der Waals surface area contributed by atoms with E-state index in [1.807, 2.05) is 25.2 Å². The normalized spacial score (nSPS) is 21.2. The number of amides is 1. The van der Waals surface area contributed by atoms with Crippen LogP contribution in [0.15, 0.2) is 30.3 Å². The van der Waals surface area contributed by atoms with Crippen molar-refractivity contribution in [2.24, 2.45) is 5.92 Å². The predicted molar refractivity (Wildman–Crippen MR) is 90.2 cm³/mol. The second-order valence-electron chi connectivity index (χ2n) is 5.62. The molecule has 118 valence electrons. The number of hydrogen-bond acceptors (Lipinski definition) is 3. The van der Waals surface area contributed by atoms with Gasteiger partial charge in [0.25, 0.3) is 0 Å². The molecule has 0 unspecified atom stereocenters. The molecule has 5 heteroatoms. The molecule has 0 bridgehead atoms. The van der Waals surface area contributed by atoms with Crippen molar-refractivity contribution < 1.29 is 4.79 Å². The molecule has 1 fully saturated rings. The fraction of sp³-hybridized carbons (Fsp3) is 0.562. The molecule has 1 aromatic rings. The number of hydrogen-bond donors (Lipinski definition) is 2. The summed E-state index contributed by atoms with van der Waals surface area (Å²) in [5.41, 5.74) is 1.18. The first kappa shape index (κ1) is 17.8. The third kappa shape index (κ3) is 5.56. The van der Waals surface area contributed by atoms with Crippen LogP contribution in [-0.2, 0) is 4.79 Å². The van der Waals surface area contributed by atoms with Gasteiger partial charge < -0.3 is 15.5 Å². The summed E-state index contributed by atoms with van der Waals surface area (Å²) in [5.74, 6) is 0.382. The molecule has 0 aromatic heterocycles. The second kappa shape index (κ2) is 8.90. The molecule has 1 amide bonds. The highest BCUT2D eigenvalue weighted by molar-refractivity contribution is 5.85. The number of benzene rings is 1. The molecule has 0 saturated carbocycles. The Morgan fingerprint density at radius 1 is 1.38 bits per heavy atom. The molecule has 1 aromatic carbocycles. The Bertz CT molecular complexity index is 427. The maximum absolute atomic E-state index is 12.1. The van der Waals surface area contributed by atoms with Crippen LogP contribution in [-0.4, -0.2) is 38.6 Å². The first-order valence-electron chi connectivity index (χ1n) is 7.44. The predicted octanol–water partition coefficient (Wildman–Crippen LogP) is 2.05. The van der Waals surface area contributed by atoms with E-state index in [9.17, 15) is 4.79 Å². The van der Waals surface area contributed by atoms with Crippen LogP contribution in [0.2, 0.25) is 0 Å². The molecule has 1 heterocycles. The zero-order valence-electron chi connectivity index (χ0n) is 12.8. The Kier molecular flexibility index (Phi) is 7.54. The number of rotatable bonds is 5. The summed E-state index contributed by atoms with van der Waals surface area (Å²) < 4.78 is 0. The smallest absolute Gasteiger partial charge is 0.223 e. The average molecular weight is 312 g/mol. The number of halogens is 1. The van der Waals surface area contributed by atoms with E-state index in [0.29, 0.717) is 12.6 Å². The summed E-state index contributed by atoms with van der Waals surface area (Å²) in [6.45, 7) is 4.62. The zero-order valence-corrected chi connectivity index (χ0v) is 13.7. The summed E-state index contributed by atoms with van der Waals surface area (Å²) >= 11 is 0. The van der Waals surface area contributed by atoms with Crippen LogP contribution in [0.5, 0.6) is 0 Å². The molecule has 0 aliphatic carbocycles. The van der Waals surface area contributed by atoms with Crippen molar-refractivity contribution in [3.8, 4) is 0 Å². The van der Waals surface area contributed by atoms with Gasteiger partial charge in [-0.2, -0.15) is 0 Å². The lowest BCUT2D eigenvalue weighted by Crippen LogP contribution is -2.43. The minimum absolute atomic E-state index is 0. The topological polar surface area (TPSA) is 44.4 Å². The van der Waals surface area contributed by atoms with Gasteiger partial charge >= 0.3 is 0 Å². The van der Waals surface area contributed by atoms with Crippen molar-refractivity contribution in [3.05, 3.63) is 30.3 Å². The number of nitrogens with zero attached hydrogens (tertiary/aromatic N) is 1. The number of piperidine rings is 1. The first-order chi connectivity index (χ1) is 9.66. The lowest BCUT2D eigenvalue weighted by atomic mass is 9.92. The third-order valence-electron chi connectivity index (χ3n) is 3.94. The van der Waals surface area contributed by atoms with Crippen molar-refractivity contribution in [1.29, 1.82) is 0 Å². The van der Waals surface area contributed by atoms with Crippen molar-refractivity contribution in [2.75, 3.05) is 31.6 Å². The van der Waals surface area contributed by atoms with E-state index in [0.717, 1.165) is 25.9 Å². The summed E-state index contributed by atoms with van der Waals surface area (Å²) in [7, 11) is 2.05. The standard InChI is InChI=1S/C16H25N3O.ClH/c1-13-12-14(8-9-17-13)16(20)18-10-11-19(2)15-6-4-3-5-7-15;/h3-7,13-14,17H,8-12H2,1-2H3,(H,18,20);1H/t13-,14-;/m0./s1. The molecule has 2 rings (SSSR count). The number of anilines is 1. The van der Waals surface area contributed by atoms with E-state index in [-0.39, 0.29) is 24.2 Å². The van der Waals surface area contributed by atoms with Crippen LogP contribution in [0.1, 0.15) is 19.8 Å². The first-order valence-corrected chi connectivity index (χ1v) is 7.44. The van der Waals surface area contributed by atoms with Gasteiger partial charge in [-0.25, -0.2) is 0 Å². The number of likely N-dealkylation sites (N-methyl/N-ethyl adjacent to an activating group) is 1. The van der Waals surface area contributed by atoms with Crippen LogP contribution < -0.4 is 15.5 Å². The van der Waals surface area contributed by atoms with Crippen molar-refractivity contribution in [3.63, 3.8) is 0 Å². The summed E-state index contributed by atoms with van der Waals surface area (Å²) in [4.78, 5) is 14.3. The molecule has 0 radical (unpaired) electrons. The molecular formula is C16H26ClN3O. The van der Waals surface area contributed by atoms with Gasteiger partial charge in [-0.3, -0.25) is 4.79 Å². The van der Waals surface area contributed by atoms with Gasteiger partial charge in [0.05, 0.1) is 0 Å². The average Bonchev–Trinajstić information content (AvgIpc) is 2.48. The number of nitrogens with one attached hydrogen (secondary N) is 2. The van der Waals surface area contributed by atoms with Gasteiger partial charge in [0, 0.05) is 37.8 Å². The van der Waals surface area contributed by atoms with Crippen LogP contribution in [0, 0.1) is 5.92 Å². The van der Waals surface area contributed by atoms with E-state index in [1.165, 1.54) is 5.69 Å². The fourth-order valence-electron chi connectivity index (χ4n) is 2.67. The van der Waals surface area contributed by atoms with Crippen LogP contribution in [0.3, 0.4) is 0 Å². The number of carbonyl (C=O) groups is 1. The van der Waals surface area contributed by atoms with Gasteiger partial charge in [0.1, 0.15) is 0 Å². The van der Waals surface area contributed by atoms with Crippen molar-refractivity contribution >= 4 is 24.0 Å². The quantitative estimate of drug-likeness (QED) is 0.875. The molecule has 1 aliphatic rings. The zero-order chi connectivity index (χ0) is 14.4. The molecule has 2 N–H and O–H groups in total. The summed E-state index contributed by atoms with van der Waals surface area (Å²) in [6, 6.07) is 10.7. The Labute approximate surface area is 133 Å². The lowest BCUT2D eigenvalue weighted by molar-refractivity contribution is -0.125. The van der Waals surface area contributed by atoms with E-state index in [1.54, 1.807) is 0 Å². The molecule has 0 spiro atoms. The minimum Gasteiger partial charge on any atom is -0.373 e. The second-order valence-corrected chi connectivity index (χ2v) is 5.62. The van der Waals surface area contributed by atoms with Crippen molar-refractivity contribution in [2.45, 2.75) is 25.8 Å². The van der Waals surface area contributed by atoms with Gasteiger partial charge in [0.15, 0.2) is 0 Å². The van der Waals surface area contributed by atoms with E-state index < -0.39 is 0 Å². The Morgan fingerprint density at radius 2 is 2.10 bits per heavy atom. The summed E-state index contributed by atoms with van der Waals surface area (Å²) in [6.07, 6.45) is 1.89. The summed E-state index contributed by atoms with van der Waals surface area (Å²) in [5, 5.41) is 6.44. The monoisotopic (exact) mass is 311 g/mol. The molecular weight excluding hydrogens is 286 g/mol. The lowest BCUT2D eigenvalue weighted by Gasteiger charge is -2.27. The fourth-order valence-corrected chi connectivity index (χ4v) is 2.67.